The van der Waals surface area contributed by atoms with Gasteiger partial charge >= 0.3 is 0 Å². The Balaban J connectivity index is 2.18. The number of halogens is 1. The molecule has 0 saturated carbocycles. The molecule has 1 heterocycles. The van der Waals surface area contributed by atoms with Crippen molar-refractivity contribution < 1.29 is 5.21 Å². The molecule has 0 spiro atoms. The van der Waals surface area contributed by atoms with E-state index >= 15 is 0 Å². The number of oxime groups is 1. The summed E-state index contributed by atoms with van der Waals surface area (Å²) in [4.78, 5) is 4.74. The van der Waals surface area contributed by atoms with E-state index in [1.54, 1.807) is 12.1 Å². The van der Waals surface area contributed by atoms with Gasteiger partial charge in [0.1, 0.15) is 0 Å². The molecule has 1 aromatic rings. The van der Waals surface area contributed by atoms with Crippen LogP contribution in [-0.4, -0.2) is 48.2 Å². The quantitative estimate of drug-likeness (QED) is 0.388. The summed E-state index contributed by atoms with van der Waals surface area (Å²) >= 11 is 6.11. The largest absolute Gasteiger partial charge is 0.409 e. The van der Waals surface area contributed by atoms with Crippen LogP contribution in [0.25, 0.3) is 0 Å². The van der Waals surface area contributed by atoms with Crippen LogP contribution in [0.2, 0.25) is 5.02 Å². The maximum absolute atomic E-state index is 8.93. The molecule has 1 aliphatic heterocycles. The van der Waals surface area contributed by atoms with Crippen LogP contribution in [0.15, 0.2) is 23.4 Å². The molecule has 0 amide bonds. The Morgan fingerprint density at radius 3 is 2.62 bits per heavy atom. The molecule has 0 radical (unpaired) electrons. The number of anilines is 1. The van der Waals surface area contributed by atoms with Crippen molar-refractivity contribution in [2.45, 2.75) is 26.3 Å². The van der Waals surface area contributed by atoms with Crippen LogP contribution in [0, 0.1) is 0 Å². The van der Waals surface area contributed by atoms with Gasteiger partial charge in [-0.05, 0) is 31.5 Å². The number of hydrogen-bond acceptors (Lipinski definition) is 4. The van der Waals surface area contributed by atoms with Crippen LogP contribution in [0.3, 0.4) is 0 Å². The Hall–Kier alpha value is -1.46. The second-order valence-corrected chi connectivity index (χ2v) is 5.86. The van der Waals surface area contributed by atoms with Gasteiger partial charge in [-0.3, -0.25) is 4.90 Å². The number of hydrogen-bond donors (Lipinski definition) is 2. The molecule has 2 rings (SSSR count). The summed E-state index contributed by atoms with van der Waals surface area (Å²) in [6.45, 7) is 8.32. The summed E-state index contributed by atoms with van der Waals surface area (Å²) in [6, 6.07) is 6.05. The first kappa shape index (κ1) is 15.9. The Labute approximate surface area is 131 Å². The van der Waals surface area contributed by atoms with Crippen molar-refractivity contribution >= 4 is 23.1 Å². The minimum atomic E-state index is 0.117. The zero-order valence-electron chi connectivity index (χ0n) is 12.6. The lowest BCUT2D eigenvalue weighted by Gasteiger charge is -2.39. The average Bonchev–Trinajstić information content (AvgIpc) is 2.53. The molecule has 1 unspecified atom stereocenters. The van der Waals surface area contributed by atoms with Crippen LogP contribution in [0.4, 0.5) is 5.69 Å². The third-order valence-electron chi connectivity index (χ3n) is 4.21. The van der Waals surface area contributed by atoms with Crippen LogP contribution in [0.5, 0.6) is 0 Å². The Bertz CT molecular complexity index is 512. The van der Waals surface area contributed by atoms with E-state index in [2.05, 4.69) is 28.8 Å². The monoisotopic (exact) mass is 310 g/mol. The fourth-order valence-corrected chi connectivity index (χ4v) is 2.87. The molecule has 0 aliphatic carbocycles. The fourth-order valence-electron chi connectivity index (χ4n) is 2.70. The smallest absolute Gasteiger partial charge is 0.172 e. The van der Waals surface area contributed by atoms with Gasteiger partial charge in [-0.25, -0.2) is 0 Å². The Kier molecular flexibility index (Phi) is 5.31. The van der Waals surface area contributed by atoms with Gasteiger partial charge in [0, 0.05) is 48.5 Å². The molecular formula is C15H23ClN4O. The predicted molar refractivity (Wildman–Crippen MR) is 87.5 cm³/mol. The van der Waals surface area contributed by atoms with Crippen molar-refractivity contribution in [2.75, 3.05) is 31.1 Å². The van der Waals surface area contributed by atoms with Crippen LogP contribution >= 0.6 is 11.6 Å². The number of rotatable bonds is 4. The van der Waals surface area contributed by atoms with E-state index in [1.165, 1.54) is 0 Å². The second-order valence-electron chi connectivity index (χ2n) is 5.43. The van der Waals surface area contributed by atoms with Crippen LogP contribution < -0.4 is 10.6 Å². The van der Waals surface area contributed by atoms with E-state index in [0.717, 1.165) is 43.9 Å². The lowest BCUT2D eigenvalue weighted by molar-refractivity contribution is 0.193. The van der Waals surface area contributed by atoms with Crippen molar-refractivity contribution in [1.29, 1.82) is 0 Å². The summed E-state index contributed by atoms with van der Waals surface area (Å²) in [5, 5.41) is 12.7. The SMILES string of the molecule is CCC(C)N1CCN(c2cc(Cl)ccc2C(N)=NO)CC1. The summed E-state index contributed by atoms with van der Waals surface area (Å²) in [7, 11) is 0. The maximum atomic E-state index is 8.93. The maximum Gasteiger partial charge on any atom is 0.172 e. The van der Waals surface area contributed by atoms with Gasteiger partial charge in [0.25, 0.3) is 0 Å². The molecular weight excluding hydrogens is 288 g/mol. The molecule has 5 nitrogen and oxygen atoms in total. The third-order valence-corrected chi connectivity index (χ3v) is 4.45. The normalized spacial score (nSPS) is 18.8. The van der Waals surface area contributed by atoms with E-state index < -0.39 is 0 Å². The minimum Gasteiger partial charge on any atom is -0.409 e. The van der Waals surface area contributed by atoms with E-state index in [1.807, 2.05) is 6.07 Å². The van der Waals surface area contributed by atoms with E-state index in [9.17, 15) is 0 Å². The summed E-state index contributed by atoms with van der Waals surface area (Å²) in [5.74, 6) is 0.117. The van der Waals surface area contributed by atoms with Crippen molar-refractivity contribution in [3.8, 4) is 0 Å². The number of amidine groups is 1. The van der Waals surface area contributed by atoms with E-state index in [4.69, 9.17) is 22.5 Å². The predicted octanol–water partition coefficient (Wildman–Crippen LogP) is 2.36. The van der Waals surface area contributed by atoms with Crippen molar-refractivity contribution in [2.24, 2.45) is 10.9 Å². The van der Waals surface area contributed by atoms with Gasteiger partial charge in [0.15, 0.2) is 5.84 Å². The molecule has 3 N–H and O–H groups in total. The van der Waals surface area contributed by atoms with Gasteiger partial charge in [-0.2, -0.15) is 0 Å². The molecule has 1 atom stereocenters. The van der Waals surface area contributed by atoms with Gasteiger partial charge in [0.2, 0.25) is 0 Å². The second kappa shape index (κ2) is 7.00. The highest BCUT2D eigenvalue weighted by Gasteiger charge is 2.22. The van der Waals surface area contributed by atoms with Crippen molar-refractivity contribution in [1.82, 2.24) is 4.90 Å². The highest BCUT2D eigenvalue weighted by atomic mass is 35.5. The highest BCUT2D eigenvalue weighted by Crippen LogP contribution is 2.26. The number of benzene rings is 1. The minimum absolute atomic E-state index is 0.117. The first-order valence-electron chi connectivity index (χ1n) is 7.33. The Morgan fingerprint density at radius 2 is 2.05 bits per heavy atom. The van der Waals surface area contributed by atoms with Gasteiger partial charge in [-0.1, -0.05) is 23.7 Å². The van der Waals surface area contributed by atoms with Crippen LogP contribution in [-0.2, 0) is 0 Å². The number of piperazine rings is 1. The van der Waals surface area contributed by atoms with Crippen LogP contribution in [0.1, 0.15) is 25.8 Å². The van der Waals surface area contributed by atoms with Crippen molar-refractivity contribution in [3.05, 3.63) is 28.8 Å². The molecule has 1 fully saturated rings. The summed E-state index contributed by atoms with van der Waals surface area (Å²) in [6.07, 6.45) is 1.16. The number of nitrogens with two attached hydrogens (primary N) is 1. The summed E-state index contributed by atoms with van der Waals surface area (Å²) < 4.78 is 0. The molecule has 0 aromatic heterocycles. The molecule has 21 heavy (non-hydrogen) atoms. The fraction of sp³-hybridized carbons (Fsp3) is 0.533. The molecule has 1 saturated heterocycles. The molecule has 1 aromatic carbocycles. The van der Waals surface area contributed by atoms with Gasteiger partial charge in [-0.15, -0.1) is 0 Å². The first-order chi connectivity index (χ1) is 10.1. The lowest BCUT2D eigenvalue weighted by atomic mass is 10.1. The topological polar surface area (TPSA) is 65.1 Å². The zero-order chi connectivity index (χ0) is 15.4. The molecule has 116 valence electrons. The lowest BCUT2D eigenvalue weighted by Crippen LogP contribution is -2.49. The zero-order valence-corrected chi connectivity index (χ0v) is 13.3. The molecule has 6 heteroatoms. The number of nitrogens with zero attached hydrogens (tertiary/aromatic N) is 3. The van der Waals surface area contributed by atoms with Gasteiger partial charge in [0.05, 0.1) is 0 Å². The highest BCUT2D eigenvalue weighted by molar-refractivity contribution is 6.31. The van der Waals surface area contributed by atoms with E-state index in [-0.39, 0.29) is 5.84 Å². The summed E-state index contributed by atoms with van der Waals surface area (Å²) in [5.41, 5.74) is 7.42. The molecule has 1 aliphatic rings. The van der Waals surface area contributed by atoms with Crippen molar-refractivity contribution in [3.63, 3.8) is 0 Å². The first-order valence-corrected chi connectivity index (χ1v) is 7.71. The molecule has 0 bridgehead atoms. The third kappa shape index (κ3) is 3.60. The average molecular weight is 311 g/mol. The Morgan fingerprint density at radius 1 is 1.38 bits per heavy atom. The van der Waals surface area contributed by atoms with Gasteiger partial charge < -0.3 is 15.8 Å². The standard InChI is InChI=1S/C15H23ClN4O/c1-3-11(2)19-6-8-20(9-7-19)14-10-12(16)4-5-13(14)15(17)18-21/h4-5,10-11,21H,3,6-9H2,1-2H3,(H2,17,18). The van der Waals surface area contributed by atoms with E-state index in [0.29, 0.717) is 11.1 Å².